The third kappa shape index (κ3) is 2.88. The van der Waals surface area contributed by atoms with Crippen molar-refractivity contribution in [3.05, 3.63) is 65.2 Å². The molecule has 1 atom stereocenters. The average Bonchev–Trinajstić information content (AvgIpc) is 2.91. The lowest BCUT2D eigenvalue weighted by Crippen LogP contribution is -2.00. The molecule has 3 nitrogen and oxygen atoms in total. The lowest BCUT2D eigenvalue weighted by molar-refractivity contribution is 0.233. The Bertz CT molecular complexity index is 581. The van der Waals surface area contributed by atoms with Gasteiger partial charge in [-0.3, -0.25) is 0 Å². The van der Waals surface area contributed by atoms with Crippen molar-refractivity contribution in [2.45, 2.75) is 6.10 Å². The van der Waals surface area contributed by atoms with Gasteiger partial charge < -0.3 is 9.47 Å². The molecule has 1 aliphatic rings. The molecule has 2 aromatic carbocycles. The average molecular weight is 274 g/mol. The van der Waals surface area contributed by atoms with Gasteiger partial charge in [-0.2, -0.15) is 4.99 Å². The van der Waals surface area contributed by atoms with Gasteiger partial charge in [-0.25, -0.2) is 0 Å². The molecule has 2 aromatic rings. The van der Waals surface area contributed by atoms with E-state index in [1.165, 1.54) is 0 Å². The molecule has 0 amide bonds. The van der Waals surface area contributed by atoms with E-state index in [2.05, 4.69) is 4.99 Å². The molecule has 0 bridgehead atoms. The van der Waals surface area contributed by atoms with Crippen LogP contribution in [0.3, 0.4) is 0 Å². The number of ether oxygens (including phenoxy) is 2. The summed E-state index contributed by atoms with van der Waals surface area (Å²) >= 11 is 5.82. The molecule has 0 radical (unpaired) electrons. The van der Waals surface area contributed by atoms with E-state index in [4.69, 9.17) is 21.1 Å². The van der Waals surface area contributed by atoms with Crippen molar-refractivity contribution in [3.8, 4) is 0 Å². The molecule has 1 unspecified atom stereocenters. The first-order valence-corrected chi connectivity index (χ1v) is 6.38. The van der Waals surface area contributed by atoms with Gasteiger partial charge in [0, 0.05) is 5.02 Å². The summed E-state index contributed by atoms with van der Waals surface area (Å²) in [6.45, 7) is 0.483. The molecule has 1 aliphatic heterocycles. The van der Waals surface area contributed by atoms with E-state index in [-0.39, 0.29) is 6.10 Å². The Kier molecular flexibility index (Phi) is 3.38. The maximum absolute atomic E-state index is 5.82. The third-order valence-electron chi connectivity index (χ3n) is 2.82. The maximum Gasteiger partial charge on any atom is 0.389 e. The van der Waals surface area contributed by atoms with Crippen molar-refractivity contribution in [3.63, 3.8) is 0 Å². The Morgan fingerprint density at radius 3 is 2.47 bits per heavy atom. The Hall–Kier alpha value is -2.00. The fourth-order valence-electron chi connectivity index (χ4n) is 1.85. The van der Waals surface area contributed by atoms with Crippen LogP contribution in [0.4, 0.5) is 5.69 Å². The van der Waals surface area contributed by atoms with Crippen LogP contribution in [0, 0.1) is 0 Å². The van der Waals surface area contributed by atoms with Gasteiger partial charge in [0.15, 0.2) is 6.10 Å². The number of aliphatic imine (C=N–C) groups is 1. The molecule has 1 heterocycles. The highest BCUT2D eigenvalue weighted by Crippen LogP contribution is 2.25. The van der Waals surface area contributed by atoms with Crippen LogP contribution in [0.25, 0.3) is 0 Å². The summed E-state index contributed by atoms with van der Waals surface area (Å²) in [7, 11) is 0. The smallest absolute Gasteiger partial charge is 0.389 e. The fraction of sp³-hybridized carbons (Fsp3) is 0.133. The molecule has 0 N–H and O–H groups in total. The van der Waals surface area contributed by atoms with Gasteiger partial charge in [-0.15, -0.1) is 0 Å². The molecule has 19 heavy (non-hydrogen) atoms. The minimum atomic E-state index is -0.0905. The summed E-state index contributed by atoms with van der Waals surface area (Å²) in [5.41, 5.74) is 1.84. The van der Waals surface area contributed by atoms with Gasteiger partial charge in [0.25, 0.3) is 0 Å². The van der Waals surface area contributed by atoms with E-state index in [1.54, 1.807) is 12.1 Å². The molecular formula is C15H12ClNO2. The second-order valence-electron chi connectivity index (χ2n) is 4.18. The number of hydrogen-bond acceptors (Lipinski definition) is 3. The standard InChI is InChI=1S/C15H12ClNO2/c16-12-6-8-13(9-7-12)17-15-18-10-14(19-15)11-4-2-1-3-5-11/h1-9,14H,10H2. The lowest BCUT2D eigenvalue weighted by atomic mass is 10.1. The molecular weight excluding hydrogens is 262 g/mol. The number of benzene rings is 2. The maximum atomic E-state index is 5.82. The Labute approximate surface area is 116 Å². The van der Waals surface area contributed by atoms with Gasteiger partial charge in [0.1, 0.15) is 6.61 Å². The summed E-state index contributed by atoms with van der Waals surface area (Å²) in [6.07, 6.45) is 0.212. The van der Waals surface area contributed by atoms with Gasteiger partial charge in [0.2, 0.25) is 0 Å². The van der Waals surface area contributed by atoms with Crippen molar-refractivity contribution in [1.82, 2.24) is 0 Å². The normalized spacial score (nSPS) is 20.1. The number of rotatable bonds is 2. The first-order chi connectivity index (χ1) is 9.31. The van der Waals surface area contributed by atoms with Crippen molar-refractivity contribution in [1.29, 1.82) is 0 Å². The topological polar surface area (TPSA) is 30.8 Å². The first-order valence-electron chi connectivity index (χ1n) is 6.00. The van der Waals surface area contributed by atoms with Gasteiger partial charge in [-0.05, 0) is 29.8 Å². The number of nitrogens with zero attached hydrogens (tertiary/aromatic N) is 1. The second-order valence-corrected chi connectivity index (χ2v) is 4.62. The minimum Gasteiger partial charge on any atom is -0.446 e. The molecule has 0 aliphatic carbocycles. The molecule has 0 spiro atoms. The van der Waals surface area contributed by atoms with Crippen molar-refractivity contribution in [2.75, 3.05) is 6.61 Å². The Balaban J connectivity index is 1.74. The van der Waals surface area contributed by atoms with Gasteiger partial charge in [0.05, 0.1) is 5.69 Å². The predicted octanol–water partition coefficient (Wildman–Crippen LogP) is 4.12. The third-order valence-corrected chi connectivity index (χ3v) is 3.07. The zero-order valence-electron chi connectivity index (χ0n) is 10.1. The fourth-order valence-corrected chi connectivity index (χ4v) is 1.97. The van der Waals surface area contributed by atoms with E-state index >= 15 is 0 Å². The zero-order valence-corrected chi connectivity index (χ0v) is 10.9. The van der Waals surface area contributed by atoms with Crippen LogP contribution in [0.1, 0.15) is 11.7 Å². The van der Waals surface area contributed by atoms with Crippen LogP contribution in [-0.2, 0) is 9.47 Å². The van der Waals surface area contributed by atoms with E-state index in [0.29, 0.717) is 17.7 Å². The Morgan fingerprint density at radius 2 is 1.74 bits per heavy atom. The summed E-state index contributed by atoms with van der Waals surface area (Å²) < 4.78 is 11.1. The quantitative estimate of drug-likeness (QED) is 0.824. The summed E-state index contributed by atoms with van der Waals surface area (Å²) in [5.74, 6) is 0. The predicted molar refractivity (Wildman–Crippen MR) is 74.8 cm³/mol. The summed E-state index contributed by atoms with van der Waals surface area (Å²) in [5, 5.41) is 0.680. The summed E-state index contributed by atoms with van der Waals surface area (Å²) in [4.78, 5) is 4.29. The zero-order chi connectivity index (χ0) is 13.1. The molecule has 1 saturated heterocycles. The molecule has 1 fully saturated rings. The Morgan fingerprint density at radius 1 is 1.00 bits per heavy atom. The van der Waals surface area contributed by atoms with E-state index in [1.807, 2.05) is 42.5 Å². The highest BCUT2D eigenvalue weighted by Gasteiger charge is 2.24. The summed E-state index contributed by atoms with van der Waals surface area (Å²) in [6, 6.07) is 17.2. The molecule has 96 valence electrons. The van der Waals surface area contributed by atoms with E-state index < -0.39 is 0 Å². The van der Waals surface area contributed by atoms with Crippen molar-refractivity contribution in [2.24, 2.45) is 4.99 Å². The largest absolute Gasteiger partial charge is 0.446 e. The minimum absolute atomic E-state index is 0.0905. The van der Waals surface area contributed by atoms with Crippen molar-refractivity contribution < 1.29 is 9.47 Å². The van der Waals surface area contributed by atoms with Crippen LogP contribution in [0.2, 0.25) is 5.02 Å². The highest BCUT2D eigenvalue weighted by atomic mass is 35.5. The lowest BCUT2D eigenvalue weighted by Gasteiger charge is -2.05. The van der Waals surface area contributed by atoms with Crippen LogP contribution in [-0.4, -0.2) is 12.7 Å². The number of halogens is 1. The SMILES string of the molecule is Clc1ccc(N=C2OCC(c3ccccc3)O2)cc1. The molecule has 4 heteroatoms. The number of hydrogen-bond donors (Lipinski definition) is 0. The first kappa shape index (κ1) is 12.1. The van der Waals surface area contributed by atoms with E-state index in [9.17, 15) is 0 Å². The van der Waals surface area contributed by atoms with Gasteiger partial charge >= 0.3 is 6.08 Å². The van der Waals surface area contributed by atoms with E-state index in [0.717, 1.165) is 11.3 Å². The second kappa shape index (κ2) is 5.33. The molecule has 0 aromatic heterocycles. The molecule has 3 rings (SSSR count). The van der Waals surface area contributed by atoms with Crippen LogP contribution in [0.15, 0.2) is 59.6 Å². The van der Waals surface area contributed by atoms with Crippen LogP contribution >= 0.6 is 11.6 Å². The van der Waals surface area contributed by atoms with Crippen molar-refractivity contribution >= 4 is 23.4 Å². The van der Waals surface area contributed by atoms with Crippen LogP contribution in [0.5, 0.6) is 0 Å². The van der Waals surface area contributed by atoms with Gasteiger partial charge in [-0.1, -0.05) is 41.9 Å². The van der Waals surface area contributed by atoms with Crippen LogP contribution < -0.4 is 0 Å². The monoisotopic (exact) mass is 273 g/mol. The molecule has 0 saturated carbocycles. The highest BCUT2D eigenvalue weighted by molar-refractivity contribution is 6.30.